The van der Waals surface area contributed by atoms with Crippen LogP contribution in [0.3, 0.4) is 0 Å². The number of hydrogen-bond donors (Lipinski definition) is 1. The van der Waals surface area contributed by atoms with Crippen molar-refractivity contribution in [2.75, 3.05) is 44.7 Å². The van der Waals surface area contributed by atoms with Crippen molar-refractivity contribution in [2.24, 2.45) is 0 Å². The molecule has 0 aromatic heterocycles. The predicted molar refractivity (Wildman–Crippen MR) is 137 cm³/mol. The van der Waals surface area contributed by atoms with Gasteiger partial charge in [0, 0.05) is 32.7 Å². The smallest absolute Gasteiger partial charge is 0.240 e. The van der Waals surface area contributed by atoms with Crippen molar-refractivity contribution >= 4 is 21.6 Å². The van der Waals surface area contributed by atoms with Gasteiger partial charge in [0.05, 0.1) is 24.1 Å². The van der Waals surface area contributed by atoms with Crippen molar-refractivity contribution < 1.29 is 22.3 Å². The zero-order valence-electron chi connectivity index (χ0n) is 20.2. The second-order valence-electron chi connectivity index (χ2n) is 8.64. The van der Waals surface area contributed by atoms with Crippen molar-refractivity contribution in [3.63, 3.8) is 0 Å². The van der Waals surface area contributed by atoms with Gasteiger partial charge in [-0.25, -0.2) is 17.5 Å². The van der Waals surface area contributed by atoms with E-state index in [4.69, 9.17) is 4.74 Å². The van der Waals surface area contributed by atoms with Gasteiger partial charge in [0.25, 0.3) is 0 Å². The minimum Gasteiger partial charge on any atom is -0.495 e. The Morgan fingerprint density at radius 3 is 2.31 bits per heavy atom. The third-order valence-electron chi connectivity index (χ3n) is 6.25. The Hall–Kier alpha value is -3.43. The Balaban J connectivity index is 1.39. The molecule has 3 aromatic carbocycles. The molecular formula is C27H30FN3O4S. The second-order valence-corrected chi connectivity index (χ2v) is 10.4. The lowest BCUT2D eigenvalue weighted by molar-refractivity contribution is -0.130. The molecule has 190 valence electrons. The number of amides is 1. The summed E-state index contributed by atoms with van der Waals surface area (Å²) in [7, 11) is -2.21. The monoisotopic (exact) mass is 511 g/mol. The first-order valence-electron chi connectivity index (χ1n) is 11.8. The molecule has 0 saturated carbocycles. The van der Waals surface area contributed by atoms with E-state index >= 15 is 0 Å². The average molecular weight is 512 g/mol. The molecule has 0 spiro atoms. The molecule has 1 saturated heterocycles. The maximum atomic E-state index is 13.1. The van der Waals surface area contributed by atoms with Crippen LogP contribution < -0.4 is 14.4 Å². The summed E-state index contributed by atoms with van der Waals surface area (Å²) in [6, 6.07) is 20.4. The lowest BCUT2D eigenvalue weighted by atomic mass is 10.1. The number of benzene rings is 3. The van der Waals surface area contributed by atoms with Crippen molar-refractivity contribution in [2.45, 2.75) is 17.7 Å². The molecule has 1 fully saturated rings. The maximum Gasteiger partial charge on any atom is 0.240 e. The van der Waals surface area contributed by atoms with Gasteiger partial charge < -0.3 is 14.5 Å². The van der Waals surface area contributed by atoms with Crippen LogP contribution in [0.1, 0.15) is 11.1 Å². The van der Waals surface area contributed by atoms with E-state index in [-0.39, 0.29) is 23.2 Å². The van der Waals surface area contributed by atoms with Crippen LogP contribution >= 0.6 is 0 Å². The molecular weight excluding hydrogens is 481 g/mol. The molecule has 0 aliphatic carbocycles. The fraction of sp³-hybridized carbons (Fsp3) is 0.296. The SMILES string of the molecule is COc1ccc(S(=O)(=O)NCCc2ccc(F)cc2)cc1N1CCN(C(=O)Cc2ccccc2)CC1. The third-order valence-corrected chi connectivity index (χ3v) is 7.71. The van der Waals surface area contributed by atoms with Gasteiger partial charge in [0.15, 0.2) is 0 Å². The second kappa shape index (κ2) is 11.5. The molecule has 0 radical (unpaired) electrons. The number of nitrogens with one attached hydrogen (secondary N) is 1. The molecule has 0 atom stereocenters. The number of rotatable bonds is 9. The number of anilines is 1. The third kappa shape index (κ3) is 6.41. The van der Waals surface area contributed by atoms with Crippen LogP contribution in [0.15, 0.2) is 77.7 Å². The molecule has 36 heavy (non-hydrogen) atoms. The van der Waals surface area contributed by atoms with Crippen molar-refractivity contribution in [1.82, 2.24) is 9.62 Å². The summed E-state index contributed by atoms with van der Waals surface area (Å²) < 4.78 is 47.1. The molecule has 1 N–H and O–H groups in total. The van der Waals surface area contributed by atoms with E-state index in [9.17, 15) is 17.6 Å². The van der Waals surface area contributed by atoms with Crippen LogP contribution in [-0.2, 0) is 27.7 Å². The molecule has 0 unspecified atom stereocenters. The summed E-state index contributed by atoms with van der Waals surface area (Å²) >= 11 is 0. The Bertz CT molecular complexity index is 1280. The Labute approximate surface area is 211 Å². The summed E-state index contributed by atoms with van der Waals surface area (Å²) in [5, 5.41) is 0. The fourth-order valence-electron chi connectivity index (χ4n) is 4.23. The fourth-order valence-corrected chi connectivity index (χ4v) is 5.28. The number of sulfonamides is 1. The molecule has 9 heteroatoms. The quantitative estimate of drug-likeness (QED) is 0.477. The predicted octanol–water partition coefficient (Wildman–Crippen LogP) is 3.25. The van der Waals surface area contributed by atoms with Crippen molar-refractivity contribution in [3.8, 4) is 5.75 Å². The normalized spacial score (nSPS) is 14.1. The molecule has 0 bridgehead atoms. The van der Waals surface area contributed by atoms with E-state index in [1.165, 1.54) is 18.2 Å². The summed E-state index contributed by atoms with van der Waals surface area (Å²) in [5.74, 6) is 0.324. The summed E-state index contributed by atoms with van der Waals surface area (Å²) in [5.41, 5.74) is 2.50. The molecule has 1 amide bonds. The lowest BCUT2D eigenvalue weighted by Crippen LogP contribution is -2.49. The highest BCUT2D eigenvalue weighted by atomic mass is 32.2. The topological polar surface area (TPSA) is 79.0 Å². The summed E-state index contributed by atoms with van der Waals surface area (Å²) in [4.78, 5) is 16.7. The number of hydrogen-bond acceptors (Lipinski definition) is 5. The minimum absolute atomic E-state index is 0.0782. The van der Waals surface area contributed by atoms with Crippen LogP contribution in [0.5, 0.6) is 5.75 Å². The number of nitrogens with zero attached hydrogens (tertiary/aromatic N) is 2. The van der Waals surface area contributed by atoms with Gasteiger partial charge in [-0.3, -0.25) is 4.79 Å². The van der Waals surface area contributed by atoms with Crippen LogP contribution in [0, 0.1) is 5.82 Å². The number of carbonyl (C=O) groups is 1. The highest BCUT2D eigenvalue weighted by Gasteiger charge is 2.25. The van der Waals surface area contributed by atoms with Gasteiger partial charge in [0.1, 0.15) is 11.6 Å². The van der Waals surface area contributed by atoms with Crippen LogP contribution in [0.2, 0.25) is 0 Å². The number of carbonyl (C=O) groups excluding carboxylic acids is 1. The molecule has 1 aliphatic heterocycles. The number of methoxy groups -OCH3 is 1. The molecule has 1 aliphatic rings. The zero-order chi connectivity index (χ0) is 25.5. The van der Waals surface area contributed by atoms with Gasteiger partial charge >= 0.3 is 0 Å². The van der Waals surface area contributed by atoms with Crippen molar-refractivity contribution in [1.29, 1.82) is 0 Å². The van der Waals surface area contributed by atoms with Crippen molar-refractivity contribution in [3.05, 3.63) is 89.7 Å². The van der Waals surface area contributed by atoms with Gasteiger partial charge in [-0.15, -0.1) is 0 Å². The highest BCUT2D eigenvalue weighted by Crippen LogP contribution is 2.31. The standard InChI is InChI=1S/C27H30FN3O4S/c1-35-26-12-11-24(36(33,34)29-14-13-21-7-9-23(28)10-8-21)20-25(26)30-15-17-31(18-16-30)27(32)19-22-5-3-2-4-6-22/h2-12,20,29H,13-19H2,1H3. The van der Waals surface area contributed by atoms with Gasteiger partial charge in [-0.2, -0.15) is 0 Å². The molecule has 3 aromatic rings. The Morgan fingerprint density at radius 1 is 0.944 bits per heavy atom. The minimum atomic E-state index is -3.75. The molecule has 7 nitrogen and oxygen atoms in total. The Kier molecular flexibility index (Phi) is 8.22. The maximum absolute atomic E-state index is 13.1. The van der Waals surface area contributed by atoms with E-state index in [0.717, 1.165) is 11.1 Å². The first-order chi connectivity index (χ1) is 17.4. The van der Waals surface area contributed by atoms with Gasteiger partial charge in [-0.05, 0) is 47.9 Å². The van der Waals surface area contributed by atoms with Crippen LogP contribution in [0.4, 0.5) is 10.1 Å². The van der Waals surface area contributed by atoms with Crippen LogP contribution in [0.25, 0.3) is 0 Å². The van der Waals surface area contributed by atoms with E-state index in [2.05, 4.69) is 4.72 Å². The highest BCUT2D eigenvalue weighted by molar-refractivity contribution is 7.89. The summed E-state index contributed by atoms with van der Waals surface area (Å²) in [6.45, 7) is 2.41. The van der Waals surface area contributed by atoms with Gasteiger partial charge in [-0.1, -0.05) is 42.5 Å². The van der Waals surface area contributed by atoms with Crippen LogP contribution in [-0.4, -0.2) is 59.1 Å². The summed E-state index contributed by atoms with van der Waals surface area (Å²) in [6.07, 6.45) is 0.809. The number of piperazine rings is 1. The van der Waals surface area contributed by atoms with Gasteiger partial charge in [0.2, 0.25) is 15.9 Å². The molecule has 1 heterocycles. The largest absolute Gasteiger partial charge is 0.495 e. The lowest BCUT2D eigenvalue weighted by Gasteiger charge is -2.37. The first-order valence-corrected chi connectivity index (χ1v) is 13.3. The molecule has 4 rings (SSSR count). The first kappa shape index (κ1) is 25.7. The van der Waals surface area contributed by atoms with E-state index in [1.807, 2.05) is 40.1 Å². The average Bonchev–Trinajstić information content (AvgIpc) is 2.90. The zero-order valence-corrected chi connectivity index (χ0v) is 21.0. The number of halogens is 1. The van der Waals surface area contributed by atoms with E-state index in [0.29, 0.717) is 50.5 Å². The van der Waals surface area contributed by atoms with E-state index in [1.54, 1.807) is 31.4 Å². The van der Waals surface area contributed by atoms with E-state index < -0.39 is 10.0 Å². The Morgan fingerprint density at radius 2 is 1.64 bits per heavy atom. The number of ether oxygens (including phenoxy) is 1.